The maximum absolute atomic E-state index is 12.7. The van der Waals surface area contributed by atoms with E-state index in [2.05, 4.69) is 31.3 Å². The van der Waals surface area contributed by atoms with Crippen molar-refractivity contribution in [2.45, 2.75) is 212 Å². The zero-order chi connectivity index (χ0) is 35.4. The van der Waals surface area contributed by atoms with Crippen LogP contribution in [0.5, 0.6) is 0 Å². The Kier molecular flexibility index (Phi) is 35.5. The fraction of sp³-hybridized carbons (Fsp3) is 0.923. The molecule has 0 aliphatic carbocycles. The van der Waals surface area contributed by atoms with Gasteiger partial charge in [0.1, 0.15) is 0 Å². The van der Waals surface area contributed by atoms with Crippen LogP contribution < -0.4 is 11.1 Å². The van der Waals surface area contributed by atoms with Gasteiger partial charge in [-0.05, 0) is 38.5 Å². The first-order valence-corrected chi connectivity index (χ1v) is 21.8. The highest BCUT2D eigenvalue weighted by atomic mass is 31.2. The zero-order valence-corrected chi connectivity index (χ0v) is 32.4. The summed E-state index contributed by atoms with van der Waals surface area (Å²) in [5.74, 6) is -0.169. The molecule has 286 valence electrons. The summed E-state index contributed by atoms with van der Waals surface area (Å²) in [4.78, 5) is 22.7. The van der Waals surface area contributed by atoms with Crippen LogP contribution in [0, 0.1) is 0 Å². The second-order valence-corrected chi connectivity index (χ2v) is 15.3. The maximum atomic E-state index is 12.7. The smallest absolute Gasteiger partial charge is 0.391 e. The molecule has 0 heterocycles. The van der Waals surface area contributed by atoms with Crippen molar-refractivity contribution in [3.8, 4) is 0 Å². The molecule has 9 heteroatoms. The van der Waals surface area contributed by atoms with Crippen molar-refractivity contribution < 1.29 is 28.4 Å². The number of aliphatic hydroxyl groups is 1. The van der Waals surface area contributed by atoms with E-state index in [4.69, 9.17) is 14.8 Å². The molecule has 3 unspecified atom stereocenters. The molecule has 0 rings (SSSR count). The van der Waals surface area contributed by atoms with E-state index in [1.165, 1.54) is 122 Å². The van der Waals surface area contributed by atoms with E-state index in [-0.39, 0.29) is 25.7 Å². The van der Waals surface area contributed by atoms with E-state index in [0.29, 0.717) is 12.8 Å². The van der Waals surface area contributed by atoms with Gasteiger partial charge in [0.2, 0.25) is 5.91 Å². The molecule has 0 bridgehead atoms. The minimum atomic E-state index is -4.31. The van der Waals surface area contributed by atoms with Crippen LogP contribution >= 0.6 is 7.82 Å². The predicted molar refractivity (Wildman–Crippen MR) is 203 cm³/mol. The van der Waals surface area contributed by atoms with Gasteiger partial charge in [-0.15, -0.1) is 0 Å². The molecule has 1 amide bonds. The second-order valence-electron chi connectivity index (χ2n) is 13.8. The SMILES string of the molecule is CCCCCCCCC/C=C\CCCCCCCC(=O)NC(COP(=O)(O)OCCN)C(O)CCCCCCCCCCCCCCC. The summed E-state index contributed by atoms with van der Waals surface area (Å²) in [5, 5.41) is 13.7. The molecule has 3 atom stereocenters. The van der Waals surface area contributed by atoms with Crippen LogP contribution in [0.2, 0.25) is 0 Å². The van der Waals surface area contributed by atoms with E-state index < -0.39 is 20.0 Å². The number of carbonyl (C=O) groups excluding carboxylic acids is 1. The Morgan fingerprint density at radius 1 is 0.667 bits per heavy atom. The van der Waals surface area contributed by atoms with Crippen LogP contribution in [0.25, 0.3) is 0 Å². The lowest BCUT2D eigenvalue weighted by Gasteiger charge is -2.25. The highest BCUT2D eigenvalue weighted by Gasteiger charge is 2.27. The number of hydrogen-bond acceptors (Lipinski definition) is 6. The van der Waals surface area contributed by atoms with Crippen molar-refractivity contribution in [3.63, 3.8) is 0 Å². The molecule has 0 aromatic carbocycles. The summed E-state index contributed by atoms with van der Waals surface area (Å²) < 4.78 is 22.1. The quantitative estimate of drug-likeness (QED) is 0.0286. The van der Waals surface area contributed by atoms with Crippen molar-refractivity contribution in [3.05, 3.63) is 12.2 Å². The van der Waals surface area contributed by atoms with Crippen molar-refractivity contribution >= 4 is 13.7 Å². The minimum Gasteiger partial charge on any atom is -0.391 e. The molecule has 0 aromatic heterocycles. The van der Waals surface area contributed by atoms with Gasteiger partial charge in [-0.25, -0.2) is 4.57 Å². The number of allylic oxidation sites excluding steroid dienone is 2. The Morgan fingerprint density at radius 3 is 1.54 bits per heavy atom. The first-order valence-electron chi connectivity index (χ1n) is 20.3. The third kappa shape index (κ3) is 33.7. The molecule has 0 aromatic rings. The molecule has 0 radical (unpaired) electrons. The fourth-order valence-corrected chi connectivity index (χ4v) is 6.77. The third-order valence-electron chi connectivity index (χ3n) is 9.12. The Hall–Kier alpha value is -0.760. The highest BCUT2D eigenvalue weighted by molar-refractivity contribution is 7.47. The van der Waals surface area contributed by atoms with Gasteiger partial charge < -0.3 is 21.1 Å². The van der Waals surface area contributed by atoms with E-state index >= 15 is 0 Å². The Labute approximate surface area is 296 Å². The van der Waals surface area contributed by atoms with Gasteiger partial charge in [0.05, 0.1) is 25.4 Å². The van der Waals surface area contributed by atoms with Crippen LogP contribution in [0.1, 0.15) is 200 Å². The van der Waals surface area contributed by atoms with Gasteiger partial charge in [0, 0.05) is 13.0 Å². The normalized spacial score (nSPS) is 14.4. The number of hydrogen-bond donors (Lipinski definition) is 4. The highest BCUT2D eigenvalue weighted by Crippen LogP contribution is 2.43. The summed E-state index contributed by atoms with van der Waals surface area (Å²) in [7, 11) is -4.31. The number of rotatable bonds is 38. The van der Waals surface area contributed by atoms with E-state index in [9.17, 15) is 19.4 Å². The van der Waals surface area contributed by atoms with Gasteiger partial charge in [-0.2, -0.15) is 0 Å². The predicted octanol–water partition coefficient (Wildman–Crippen LogP) is 10.8. The maximum Gasteiger partial charge on any atom is 0.472 e. The van der Waals surface area contributed by atoms with Crippen LogP contribution in [0.3, 0.4) is 0 Å². The lowest BCUT2D eigenvalue weighted by Crippen LogP contribution is -2.46. The number of phosphoric acid groups is 1. The average Bonchev–Trinajstić information content (AvgIpc) is 3.07. The number of nitrogens with one attached hydrogen (secondary N) is 1. The molecular formula is C39H79N2O6P. The molecular weight excluding hydrogens is 623 g/mol. The van der Waals surface area contributed by atoms with Gasteiger partial charge in [-0.3, -0.25) is 13.8 Å². The minimum absolute atomic E-state index is 0.0890. The first kappa shape index (κ1) is 47.2. The summed E-state index contributed by atoms with van der Waals surface area (Å²) >= 11 is 0. The van der Waals surface area contributed by atoms with E-state index in [1.807, 2.05) is 0 Å². The van der Waals surface area contributed by atoms with E-state index in [1.54, 1.807) is 0 Å². The largest absolute Gasteiger partial charge is 0.472 e. The van der Waals surface area contributed by atoms with Crippen LogP contribution in [0.15, 0.2) is 12.2 Å². The number of amides is 1. The lowest BCUT2D eigenvalue weighted by atomic mass is 10.0. The Balaban J connectivity index is 4.21. The van der Waals surface area contributed by atoms with Gasteiger partial charge >= 0.3 is 7.82 Å². The first-order chi connectivity index (χ1) is 23.4. The summed E-state index contributed by atoms with van der Waals surface area (Å²) in [6.07, 6.45) is 37.8. The van der Waals surface area contributed by atoms with Crippen molar-refractivity contribution in [2.75, 3.05) is 19.8 Å². The Morgan fingerprint density at radius 2 is 1.08 bits per heavy atom. The average molecular weight is 703 g/mol. The van der Waals surface area contributed by atoms with Gasteiger partial charge in [0.25, 0.3) is 0 Å². The number of aliphatic hydroxyl groups excluding tert-OH is 1. The number of unbranched alkanes of at least 4 members (excludes halogenated alkanes) is 24. The fourth-order valence-electron chi connectivity index (χ4n) is 6.01. The summed E-state index contributed by atoms with van der Waals surface area (Å²) in [6, 6.07) is -0.773. The molecule has 0 saturated carbocycles. The topological polar surface area (TPSA) is 131 Å². The monoisotopic (exact) mass is 703 g/mol. The van der Waals surface area contributed by atoms with Crippen LogP contribution in [-0.4, -0.2) is 47.8 Å². The van der Waals surface area contributed by atoms with Crippen molar-refractivity contribution in [1.82, 2.24) is 5.32 Å². The summed E-state index contributed by atoms with van der Waals surface area (Å²) in [5.41, 5.74) is 5.37. The van der Waals surface area contributed by atoms with Crippen LogP contribution in [-0.2, 0) is 18.4 Å². The third-order valence-corrected chi connectivity index (χ3v) is 10.1. The zero-order valence-electron chi connectivity index (χ0n) is 31.5. The summed E-state index contributed by atoms with van der Waals surface area (Å²) in [6.45, 7) is 4.20. The molecule has 48 heavy (non-hydrogen) atoms. The number of phosphoric ester groups is 1. The number of carbonyl (C=O) groups is 1. The van der Waals surface area contributed by atoms with Crippen molar-refractivity contribution in [1.29, 1.82) is 0 Å². The molecule has 0 aliphatic rings. The molecule has 0 spiro atoms. The second kappa shape index (κ2) is 36.0. The van der Waals surface area contributed by atoms with Crippen molar-refractivity contribution in [2.24, 2.45) is 5.73 Å². The molecule has 0 aliphatic heterocycles. The molecule has 5 N–H and O–H groups in total. The van der Waals surface area contributed by atoms with Gasteiger partial charge in [0.15, 0.2) is 0 Å². The van der Waals surface area contributed by atoms with Gasteiger partial charge in [-0.1, -0.05) is 167 Å². The van der Waals surface area contributed by atoms with Crippen LogP contribution in [0.4, 0.5) is 0 Å². The number of nitrogens with two attached hydrogens (primary N) is 1. The lowest BCUT2D eigenvalue weighted by molar-refractivity contribution is -0.123. The standard InChI is InChI=1S/C39H79N2O6P/c1-3-5-7-9-11-13-15-17-18-19-21-23-25-27-29-31-33-39(43)41-37(36-47-48(44,45)46-35-34-40)38(42)32-30-28-26-24-22-20-16-14-12-10-8-6-4-2/h18-19,37-38,42H,3-17,20-36,40H2,1-2H3,(H,41,43)(H,44,45)/b19-18-. The molecule has 0 saturated heterocycles. The van der Waals surface area contributed by atoms with E-state index in [0.717, 1.165) is 51.4 Å². The molecule has 0 fully saturated rings. The molecule has 8 nitrogen and oxygen atoms in total. The Bertz CT molecular complexity index is 769.